The Balaban J connectivity index is 2.38. The highest BCUT2D eigenvalue weighted by Crippen LogP contribution is 2.27. The van der Waals surface area contributed by atoms with Gasteiger partial charge in [-0.05, 0) is 25.5 Å². The summed E-state index contributed by atoms with van der Waals surface area (Å²) < 4.78 is 40.1. The van der Waals surface area contributed by atoms with Gasteiger partial charge in [0.15, 0.2) is 5.13 Å². The summed E-state index contributed by atoms with van der Waals surface area (Å²) in [5.41, 5.74) is 5.91. The predicted molar refractivity (Wildman–Crippen MR) is 77.8 cm³/mol. The minimum Gasteiger partial charge on any atom is -0.395 e. The van der Waals surface area contributed by atoms with Crippen LogP contribution in [0.2, 0.25) is 0 Å². The molecule has 0 saturated heterocycles. The minimum absolute atomic E-state index is 0.253. The van der Waals surface area contributed by atoms with E-state index in [-0.39, 0.29) is 10.0 Å². The fourth-order valence-electron chi connectivity index (χ4n) is 1.72. The van der Waals surface area contributed by atoms with E-state index in [1.807, 2.05) is 13.8 Å². The Morgan fingerprint density at radius 1 is 1.45 bits per heavy atom. The number of nitrogens with zero attached hydrogens (tertiary/aromatic N) is 1. The Morgan fingerprint density at radius 2 is 2.15 bits per heavy atom. The van der Waals surface area contributed by atoms with Crippen LogP contribution in [-0.2, 0) is 16.4 Å². The van der Waals surface area contributed by atoms with E-state index >= 15 is 0 Å². The van der Waals surface area contributed by atoms with E-state index in [0.717, 1.165) is 16.6 Å². The highest BCUT2D eigenvalue weighted by atomic mass is 32.2. The Morgan fingerprint density at radius 3 is 2.75 bits per heavy atom. The van der Waals surface area contributed by atoms with Gasteiger partial charge in [0.05, 0.1) is 11.4 Å². The lowest BCUT2D eigenvalue weighted by Gasteiger charge is -2.08. The van der Waals surface area contributed by atoms with Crippen LogP contribution in [0.1, 0.15) is 17.5 Å². The number of para-hydroxylation sites is 1. The zero-order valence-electron chi connectivity index (χ0n) is 11.0. The first kappa shape index (κ1) is 14.7. The summed E-state index contributed by atoms with van der Waals surface area (Å²) >= 11 is 1.23. The number of aryl methyl sites for hydroxylation is 2. The third-order valence-electron chi connectivity index (χ3n) is 2.75. The molecular formula is C12H14FN3O2S2. The summed E-state index contributed by atoms with van der Waals surface area (Å²) in [7, 11) is -3.95. The number of nitrogens with two attached hydrogens (primary N) is 1. The number of nitrogen functional groups attached to an aromatic ring is 1. The number of benzene rings is 1. The third-order valence-corrected chi connectivity index (χ3v) is 5.21. The SMILES string of the molecule is CCc1nc(NS(=O)(=O)c2cccc(F)c2N)sc1C. The van der Waals surface area contributed by atoms with Gasteiger partial charge in [-0.2, -0.15) is 0 Å². The molecule has 108 valence electrons. The van der Waals surface area contributed by atoms with Crippen molar-refractivity contribution in [2.75, 3.05) is 10.5 Å². The lowest BCUT2D eigenvalue weighted by Crippen LogP contribution is -2.15. The number of thiazole rings is 1. The molecule has 0 saturated carbocycles. The van der Waals surface area contributed by atoms with E-state index in [9.17, 15) is 12.8 Å². The van der Waals surface area contributed by atoms with Gasteiger partial charge in [-0.25, -0.2) is 17.8 Å². The number of aromatic nitrogens is 1. The number of rotatable bonds is 4. The maximum absolute atomic E-state index is 13.3. The average molecular weight is 315 g/mol. The fraction of sp³-hybridized carbons (Fsp3) is 0.250. The van der Waals surface area contributed by atoms with Crippen molar-refractivity contribution in [3.8, 4) is 0 Å². The fourth-order valence-corrected chi connectivity index (χ4v) is 4.00. The zero-order valence-corrected chi connectivity index (χ0v) is 12.6. The number of hydrogen-bond donors (Lipinski definition) is 2. The van der Waals surface area contributed by atoms with E-state index in [2.05, 4.69) is 9.71 Å². The van der Waals surface area contributed by atoms with Crippen molar-refractivity contribution in [2.24, 2.45) is 0 Å². The molecule has 3 N–H and O–H groups in total. The van der Waals surface area contributed by atoms with E-state index in [1.54, 1.807) is 0 Å². The van der Waals surface area contributed by atoms with Gasteiger partial charge in [0, 0.05) is 4.88 Å². The topological polar surface area (TPSA) is 85.1 Å². The number of hydrogen-bond acceptors (Lipinski definition) is 5. The Bertz CT molecular complexity index is 741. The molecule has 0 radical (unpaired) electrons. The summed E-state index contributed by atoms with van der Waals surface area (Å²) in [6.07, 6.45) is 0.714. The molecule has 20 heavy (non-hydrogen) atoms. The van der Waals surface area contributed by atoms with Gasteiger partial charge in [-0.3, -0.25) is 4.72 Å². The molecule has 0 unspecified atom stereocenters. The van der Waals surface area contributed by atoms with Crippen LogP contribution in [0.15, 0.2) is 23.1 Å². The molecule has 0 bridgehead atoms. The van der Waals surface area contributed by atoms with Gasteiger partial charge in [0.1, 0.15) is 10.7 Å². The van der Waals surface area contributed by atoms with E-state index in [1.165, 1.54) is 23.5 Å². The van der Waals surface area contributed by atoms with Gasteiger partial charge in [-0.15, -0.1) is 11.3 Å². The molecular weight excluding hydrogens is 301 g/mol. The van der Waals surface area contributed by atoms with Gasteiger partial charge in [-0.1, -0.05) is 13.0 Å². The summed E-state index contributed by atoms with van der Waals surface area (Å²) in [5, 5.41) is 0.253. The maximum Gasteiger partial charge on any atom is 0.265 e. The van der Waals surface area contributed by atoms with E-state index in [4.69, 9.17) is 5.73 Å². The molecule has 0 aliphatic rings. The molecule has 0 fully saturated rings. The Hall–Kier alpha value is -1.67. The van der Waals surface area contributed by atoms with Gasteiger partial charge >= 0.3 is 0 Å². The number of nitrogens with one attached hydrogen (secondary N) is 1. The Kier molecular flexibility index (Phi) is 3.96. The molecule has 0 aliphatic carbocycles. The van der Waals surface area contributed by atoms with Crippen molar-refractivity contribution >= 4 is 32.2 Å². The normalized spacial score (nSPS) is 11.6. The molecule has 2 rings (SSSR count). The highest BCUT2D eigenvalue weighted by Gasteiger charge is 2.21. The van der Waals surface area contributed by atoms with Gasteiger partial charge < -0.3 is 5.73 Å². The zero-order chi connectivity index (χ0) is 14.9. The molecule has 0 aliphatic heterocycles. The molecule has 1 aromatic carbocycles. The van der Waals surface area contributed by atoms with Crippen LogP contribution < -0.4 is 10.5 Å². The number of halogens is 1. The second kappa shape index (κ2) is 5.37. The molecule has 0 atom stereocenters. The van der Waals surface area contributed by atoms with E-state index < -0.39 is 21.5 Å². The second-order valence-electron chi connectivity index (χ2n) is 4.13. The first-order valence-corrected chi connectivity index (χ1v) is 8.18. The van der Waals surface area contributed by atoms with Crippen molar-refractivity contribution in [1.82, 2.24) is 4.98 Å². The minimum atomic E-state index is -3.95. The molecule has 2 aromatic rings. The van der Waals surface area contributed by atoms with Gasteiger partial charge in [0.25, 0.3) is 10.0 Å². The molecule has 1 aromatic heterocycles. The van der Waals surface area contributed by atoms with Crippen molar-refractivity contribution in [3.05, 3.63) is 34.6 Å². The lowest BCUT2D eigenvalue weighted by molar-refractivity contribution is 0.597. The molecule has 5 nitrogen and oxygen atoms in total. The smallest absolute Gasteiger partial charge is 0.265 e. The molecule has 1 heterocycles. The first-order valence-electron chi connectivity index (χ1n) is 5.88. The van der Waals surface area contributed by atoms with Crippen molar-refractivity contribution < 1.29 is 12.8 Å². The standard InChI is InChI=1S/C12H14FN3O2S2/c1-3-9-7(2)19-12(15-9)16-20(17,18)10-6-4-5-8(13)11(10)14/h4-6H,3,14H2,1-2H3,(H,15,16). The summed E-state index contributed by atoms with van der Waals surface area (Å²) in [6.45, 7) is 3.80. The summed E-state index contributed by atoms with van der Waals surface area (Å²) in [5.74, 6) is -0.766. The lowest BCUT2D eigenvalue weighted by atomic mass is 10.3. The van der Waals surface area contributed by atoms with E-state index in [0.29, 0.717) is 6.42 Å². The van der Waals surface area contributed by atoms with Crippen LogP contribution in [0, 0.1) is 12.7 Å². The van der Waals surface area contributed by atoms with Crippen LogP contribution >= 0.6 is 11.3 Å². The molecule has 0 spiro atoms. The molecule has 8 heteroatoms. The summed E-state index contributed by atoms with van der Waals surface area (Å²) in [4.78, 5) is 4.84. The highest BCUT2D eigenvalue weighted by molar-refractivity contribution is 7.93. The molecule has 0 amide bonds. The first-order chi connectivity index (χ1) is 9.35. The van der Waals surface area contributed by atoms with Crippen molar-refractivity contribution in [3.63, 3.8) is 0 Å². The average Bonchev–Trinajstić information content (AvgIpc) is 2.71. The number of anilines is 2. The predicted octanol–water partition coefficient (Wildman–Crippen LogP) is 2.54. The Labute approximate surface area is 120 Å². The van der Waals surface area contributed by atoms with Crippen LogP contribution in [0.3, 0.4) is 0 Å². The quantitative estimate of drug-likeness (QED) is 0.849. The van der Waals surface area contributed by atoms with Crippen molar-refractivity contribution in [1.29, 1.82) is 0 Å². The van der Waals surface area contributed by atoms with Crippen LogP contribution in [0.4, 0.5) is 15.2 Å². The van der Waals surface area contributed by atoms with Crippen molar-refractivity contribution in [2.45, 2.75) is 25.2 Å². The van der Waals surface area contributed by atoms with Gasteiger partial charge in [0.2, 0.25) is 0 Å². The largest absolute Gasteiger partial charge is 0.395 e. The second-order valence-corrected chi connectivity index (χ2v) is 6.99. The maximum atomic E-state index is 13.3. The van der Waals surface area contributed by atoms with Crippen LogP contribution in [-0.4, -0.2) is 13.4 Å². The van der Waals surface area contributed by atoms with Crippen LogP contribution in [0.25, 0.3) is 0 Å². The third kappa shape index (κ3) is 2.75. The summed E-state index contributed by atoms with van der Waals surface area (Å²) in [6, 6.07) is 3.66. The monoisotopic (exact) mass is 315 g/mol. The number of sulfonamides is 1. The van der Waals surface area contributed by atoms with Crippen LogP contribution in [0.5, 0.6) is 0 Å².